The van der Waals surface area contributed by atoms with E-state index in [9.17, 15) is 4.79 Å². The van der Waals surface area contributed by atoms with Gasteiger partial charge in [0.1, 0.15) is 5.60 Å². The molecule has 2 atom stereocenters. The second-order valence-corrected chi connectivity index (χ2v) is 9.20. The zero-order valence-electron chi connectivity index (χ0n) is 16.4. The van der Waals surface area contributed by atoms with Crippen molar-refractivity contribution >= 4 is 17.7 Å². The molecule has 1 heterocycles. The van der Waals surface area contributed by atoms with E-state index >= 15 is 0 Å². The summed E-state index contributed by atoms with van der Waals surface area (Å²) >= 11 is 1.85. The monoisotopic (exact) mass is 383 g/mol. The Hall–Kier alpha value is -1.78. The second kappa shape index (κ2) is 8.94. The minimum atomic E-state index is -0.446. The summed E-state index contributed by atoms with van der Waals surface area (Å²) in [7, 11) is 0. The summed E-state index contributed by atoms with van der Waals surface area (Å²) in [6.45, 7) is 7.48. The van der Waals surface area contributed by atoms with Crippen LogP contribution in [0.25, 0.3) is 0 Å². The maximum atomic E-state index is 12.8. The standard InChI is InChI=1S/C23H29NO2S/c1-23(2,3)26-22(25)20-16-27-17-21(20)24(14-18-10-6-4-7-11-18)15-19-12-8-5-9-13-19/h4-13,20-21H,14-17H2,1-3H3/t20-,21-/m0/s1. The number of carbonyl (C=O) groups is 1. The number of hydrogen-bond acceptors (Lipinski definition) is 4. The van der Waals surface area contributed by atoms with Crippen LogP contribution in [0.5, 0.6) is 0 Å². The predicted octanol–water partition coefficient (Wildman–Crippen LogP) is 4.76. The van der Waals surface area contributed by atoms with Crippen molar-refractivity contribution in [2.24, 2.45) is 5.92 Å². The molecule has 3 rings (SSSR count). The average molecular weight is 384 g/mol. The van der Waals surface area contributed by atoms with E-state index in [0.29, 0.717) is 0 Å². The van der Waals surface area contributed by atoms with Gasteiger partial charge >= 0.3 is 5.97 Å². The van der Waals surface area contributed by atoms with Crippen LogP contribution in [0.2, 0.25) is 0 Å². The molecule has 144 valence electrons. The minimum absolute atomic E-state index is 0.0661. The maximum absolute atomic E-state index is 12.8. The van der Waals surface area contributed by atoms with Crippen molar-refractivity contribution < 1.29 is 9.53 Å². The quantitative estimate of drug-likeness (QED) is 0.673. The largest absolute Gasteiger partial charge is 0.460 e. The lowest BCUT2D eigenvalue weighted by atomic mass is 10.00. The predicted molar refractivity (Wildman–Crippen MR) is 113 cm³/mol. The Morgan fingerprint density at radius 1 is 0.963 bits per heavy atom. The van der Waals surface area contributed by atoms with Crippen LogP contribution < -0.4 is 0 Å². The van der Waals surface area contributed by atoms with E-state index in [1.807, 2.05) is 44.7 Å². The summed E-state index contributed by atoms with van der Waals surface area (Å²) in [6.07, 6.45) is 0. The Bertz CT molecular complexity index is 686. The number of carbonyl (C=O) groups excluding carboxylic acids is 1. The van der Waals surface area contributed by atoms with E-state index in [1.54, 1.807) is 0 Å². The molecular weight excluding hydrogens is 354 g/mol. The number of hydrogen-bond donors (Lipinski definition) is 0. The summed E-state index contributed by atoms with van der Waals surface area (Å²) in [5, 5.41) is 0. The molecule has 0 bridgehead atoms. The fourth-order valence-electron chi connectivity index (χ4n) is 3.43. The van der Waals surface area contributed by atoms with Crippen molar-refractivity contribution in [1.29, 1.82) is 0 Å². The van der Waals surface area contributed by atoms with Crippen molar-refractivity contribution in [1.82, 2.24) is 4.90 Å². The molecule has 0 saturated carbocycles. The van der Waals surface area contributed by atoms with Gasteiger partial charge in [-0.15, -0.1) is 0 Å². The van der Waals surface area contributed by atoms with Crippen LogP contribution in [0.15, 0.2) is 60.7 Å². The van der Waals surface area contributed by atoms with Crippen molar-refractivity contribution in [2.75, 3.05) is 11.5 Å². The SMILES string of the molecule is CC(C)(C)OC(=O)[C@H]1CSC[C@@H]1N(Cc1ccccc1)Cc1ccccc1. The summed E-state index contributed by atoms with van der Waals surface area (Å²) < 4.78 is 5.72. The highest BCUT2D eigenvalue weighted by Crippen LogP contribution is 2.32. The molecule has 1 aliphatic rings. The molecule has 27 heavy (non-hydrogen) atoms. The topological polar surface area (TPSA) is 29.5 Å². The highest BCUT2D eigenvalue weighted by Gasteiger charge is 2.39. The lowest BCUT2D eigenvalue weighted by molar-refractivity contribution is -0.161. The molecule has 1 fully saturated rings. The zero-order valence-corrected chi connectivity index (χ0v) is 17.2. The first kappa shape index (κ1) is 20.0. The van der Waals surface area contributed by atoms with Crippen LogP contribution in [-0.4, -0.2) is 34.0 Å². The van der Waals surface area contributed by atoms with Crippen molar-refractivity contribution in [3.8, 4) is 0 Å². The molecule has 0 amide bonds. The van der Waals surface area contributed by atoms with Crippen LogP contribution in [0.3, 0.4) is 0 Å². The maximum Gasteiger partial charge on any atom is 0.311 e. The van der Waals surface area contributed by atoms with Crippen LogP contribution in [0.1, 0.15) is 31.9 Å². The molecule has 0 aliphatic carbocycles. The number of thioether (sulfide) groups is 1. The lowest BCUT2D eigenvalue weighted by Gasteiger charge is -2.33. The van der Waals surface area contributed by atoms with Crippen LogP contribution in [-0.2, 0) is 22.6 Å². The third kappa shape index (κ3) is 5.85. The third-order valence-electron chi connectivity index (χ3n) is 4.69. The van der Waals surface area contributed by atoms with E-state index in [-0.39, 0.29) is 17.9 Å². The summed E-state index contributed by atoms with van der Waals surface area (Å²) in [5.74, 6) is 1.65. The number of benzene rings is 2. The molecule has 3 nitrogen and oxygen atoms in total. The molecule has 0 aromatic heterocycles. The molecule has 1 saturated heterocycles. The number of esters is 1. The Morgan fingerprint density at radius 3 is 1.96 bits per heavy atom. The summed E-state index contributed by atoms with van der Waals surface area (Å²) in [5.41, 5.74) is 2.10. The molecule has 4 heteroatoms. The van der Waals surface area contributed by atoms with Crippen molar-refractivity contribution in [3.05, 3.63) is 71.8 Å². The molecule has 0 N–H and O–H groups in total. The molecule has 1 aliphatic heterocycles. The van der Waals surface area contributed by atoms with Gasteiger partial charge in [0.2, 0.25) is 0 Å². The van der Waals surface area contributed by atoms with E-state index < -0.39 is 5.60 Å². The van der Waals surface area contributed by atoms with Gasteiger partial charge in [0, 0.05) is 30.6 Å². The molecule has 0 radical (unpaired) electrons. The van der Waals surface area contributed by atoms with E-state index in [4.69, 9.17) is 4.74 Å². The van der Waals surface area contributed by atoms with Gasteiger partial charge in [0.05, 0.1) is 5.92 Å². The smallest absolute Gasteiger partial charge is 0.311 e. The van der Waals surface area contributed by atoms with Gasteiger partial charge in [-0.25, -0.2) is 0 Å². The summed E-state index contributed by atoms with van der Waals surface area (Å²) in [6, 6.07) is 21.2. The molecule has 2 aromatic rings. The van der Waals surface area contributed by atoms with E-state index in [2.05, 4.69) is 53.4 Å². The molecular formula is C23H29NO2S. The second-order valence-electron chi connectivity index (χ2n) is 8.12. The fraction of sp³-hybridized carbons (Fsp3) is 0.435. The average Bonchev–Trinajstić information content (AvgIpc) is 3.11. The van der Waals surface area contributed by atoms with Gasteiger partial charge in [0.15, 0.2) is 0 Å². The minimum Gasteiger partial charge on any atom is -0.460 e. The van der Waals surface area contributed by atoms with Crippen molar-refractivity contribution in [2.45, 2.75) is 45.5 Å². The normalized spacial score (nSPS) is 20.0. The van der Waals surface area contributed by atoms with Gasteiger partial charge in [0.25, 0.3) is 0 Å². The van der Waals surface area contributed by atoms with Gasteiger partial charge in [-0.1, -0.05) is 60.7 Å². The summed E-state index contributed by atoms with van der Waals surface area (Å²) in [4.78, 5) is 15.3. The van der Waals surface area contributed by atoms with Crippen LogP contribution in [0.4, 0.5) is 0 Å². The van der Waals surface area contributed by atoms with Gasteiger partial charge in [-0.2, -0.15) is 11.8 Å². The van der Waals surface area contributed by atoms with E-state index in [0.717, 1.165) is 24.6 Å². The van der Waals surface area contributed by atoms with Gasteiger partial charge in [-0.3, -0.25) is 9.69 Å². The first-order valence-corrected chi connectivity index (χ1v) is 10.7. The Morgan fingerprint density at radius 2 is 1.48 bits per heavy atom. The van der Waals surface area contributed by atoms with Crippen LogP contribution >= 0.6 is 11.8 Å². The van der Waals surface area contributed by atoms with E-state index in [1.165, 1.54) is 11.1 Å². The first-order chi connectivity index (χ1) is 12.9. The molecule has 0 unspecified atom stereocenters. The molecule has 0 spiro atoms. The lowest BCUT2D eigenvalue weighted by Crippen LogP contribution is -2.44. The Balaban J connectivity index is 1.80. The van der Waals surface area contributed by atoms with Crippen LogP contribution in [0, 0.1) is 5.92 Å². The highest BCUT2D eigenvalue weighted by molar-refractivity contribution is 7.99. The zero-order chi connectivity index (χ0) is 19.3. The number of ether oxygens (including phenoxy) is 1. The Labute approximate surface area is 167 Å². The number of nitrogens with zero attached hydrogens (tertiary/aromatic N) is 1. The van der Waals surface area contributed by atoms with Crippen molar-refractivity contribution in [3.63, 3.8) is 0 Å². The third-order valence-corrected chi connectivity index (χ3v) is 5.86. The van der Waals surface area contributed by atoms with Gasteiger partial charge < -0.3 is 4.74 Å². The fourth-order valence-corrected chi connectivity index (χ4v) is 4.86. The number of rotatable bonds is 6. The van der Waals surface area contributed by atoms with Gasteiger partial charge in [-0.05, 0) is 31.9 Å². The Kier molecular flexibility index (Phi) is 6.61. The first-order valence-electron chi connectivity index (χ1n) is 9.55. The highest BCUT2D eigenvalue weighted by atomic mass is 32.2. The molecule has 2 aromatic carbocycles.